The summed E-state index contributed by atoms with van der Waals surface area (Å²) >= 11 is 0. The lowest BCUT2D eigenvalue weighted by molar-refractivity contribution is 1.01. The van der Waals surface area contributed by atoms with E-state index in [4.69, 9.17) is 0 Å². The van der Waals surface area contributed by atoms with E-state index >= 15 is 0 Å². The van der Waals surface area contributed by atoms with Crippen LogP contribution in [-0.2, 0) is 7.05 Å². The first-order valence-corrected chi connectivity index (χ1v) is 14.6. The van der Waals surface area contributed by atoms with Gasteiger partial charge in [-0.2, -0.15) is 0 Å². The topological polar surface area (TPSA) is 8.17 Å². The average molecular weight is 537 g/mol. The maximum absolute atomic E-state index is 2.42. The molecule has 0 aliphatic carbocycles. The Morgan fingerprint density at radius 3 is 2.02 bits per heavy atom. The van der Waals surface area contributed by atoms with Crippen LogP contribution in [0.5, 0.6) is 0 Å². The number of hydrogen-bond acceptors (Lipinski definition) is 1. The van der Waals surface area contributed by atoms with Gasteiger partial charge in [0.25, 0.3) is 0 Å². The van der Waals surface area contributed by atoms with Crippen molar-refractivity contribution in [1.29, 1.82) is 0 Å². The van der Waals surface area contributed by atoms with Crippen LogP contribution in [0.15, 0.2) is 133 Å². The lowest BCUT2D eigenvalue weighted by Gasteiger charge is -2.31. The molecule has 1 aliphatic heterocycles. The van der Waals surface area contributed by atoms with Gasteiger partial charge in [0.05, 0.1) is 5.52 Å². The molecule has 2 heterocycles. The van der Waals surface area contributed by atoms with Crippen LogP contribution in [0.2, 0.25) is 0 Å². The van der Waals surface area contributed by atoms with Crippen molar-refractivity contribution >= 4 is 54.7 Å². The van der Waals surface area contributed by atoms with E-state index in [1.807, 2.05) is 0 Å². The molecule has 0 saturated carbocycles. The van der Waals surface area contributed by atoms with Crippen LogP contribution < -0.4 is 4.90 Å². The van der Waals surface area contributed by atoms with Crippen molar-refractivity contribution < 1.29 is 0 Å². The van der Waals surface area contributed by atoms with E-state index in [1.54, 1.807) is 0 Å². The Hall–Kier alpha value is -5.34. The Labute approximate surface area is 244 Å². The second-order valence-corrected chi connectivity index (χ2v) is 11.5. The molecule has 9 rings (SSSR count). The van der Waals surface area contributed by atoms with Gasteiger partial charge in [-0.15, -0.1) is 0 Å². The Kier molecular flexibility index (Phi) is 4.77. The molecular weight excluding hydrogens is 508 g/mol. The largest absolute Gasteiger partial charge is 0.344 e. The summed E-state index contributed by atoms with van der Waals surface area (Å²) < 4.78 is 2.38. The molecule has 0 amide bonds. The van der Waals surface area contributed by atoms with E-state index < -0.39 is 0 Å². The molecule has 198 valence electrons. The van der Waals surface area contributed by atoms with Crippen molar-refractivity contribution in [2.75, 3.05) is 11.9 Å². The molecule has 2 nitrogen and oxygen atoms in total. The van der Waals surface area contributed by atoms with Crippen molar-refractivity contribution in [3.8, 4) is 33.4 Å². The highest BCUT2D eigenvalue weighted by Gasteiger charge is 2.26. The summed E-state index contributed by atoms with van der Waals surface area (Å²) in [6.45, 7) is 0. The molecular formula is C40H28N2. The summed E-state index contributed by atoms with van der Waals surface area (Å²) in [5.74, 6) is 0. The molecule has 0 radical (unpaired) electrons. The Morgan fingerprint density at radius 1 is 0.405 bits per heavy atom. The minimum Gasteiger partial charge on any atom is -0.344 e. The van der Waals surface area contributed by atoms with Crippen LogP contribution in [0.1, 0.15) is 0 Å². The zero-order valence-electron chi connectivity index (χ0n) is 23.6. The first kappa shape index (κ1) is 23.4. The smallest absolute Gasteiger partial charge is 0.0501 e. The summed E-state index contributed by atoms with van der Waals surface area (Å²) in [4.78, 5) is 2.37. The highest BCUT2D eigenvalue weighted by atomic mass is 15.1. The van der Waals surface area contributed by atoms with Crippen molar-refractivity contribution in [2.24, 2.45) is 7.05 Å². The van der Waals surface area contributed by atoms with Crippen LogP contribution in [-0.4, -0.2) is 11.6 Å². The number of anilines is 2. The lowest BCUT2D eigenvalue weighted by Crippen LogP contribution is -2.15. The van der Waals surface area contributed by atoms with E-state index in [0.717, 1.165) is 0 Å². The number of nitrogens with zero attached hydrogens (tertiary/aromatic N) is 2. The molecule has 0 atom stereocenters. The quantitative estimate of drug-likeness (QED) is 0.213. The van der Waals surface area contributed by atoms with Gasteiger partial charge in [-0.25, -0.2) is 0 Å². The highest BCUT2D eigenvalue weighted by Crippen LogP contribution is 2.51. The molecule has 0 spiro atoms. The predicted molar refractivity (Wildman–Crippen MR) is 180 cm³/mol. The number of aromatic nitrogens is 1. The van der Waals surface area contributed by atoms with Gasteiger partial charge in [0.15, 0.2) is 0 Å². The zero-order valence-corrected chi connectivity index (χ0v) is 23.6. The van der Waals surface area contributed by atoms with E-state index in [2.05, 4.69) is 157 Å². The SMILES string of the molecule is CN1c2cc(-c3ccccc3)ccc2-c2cc3c(c4cccc1c24)c1ccc(-c2ccc4ccccc4c2)cc1n3C. The van der Waals surface area contributed by atoms with Crippen LogP contribution in [0.4, 0.5) is 11.4 Å². The fourth-order valence-electron chi connectivity index (χ4n) is 7.17. The molecule has 7 aromatic carbocycles. The minimum absolute atomic E-state index is 1.24. The van der Waals surface area contributed by atoms with Gasteiger partial charge in [-0.3, -0.25) is 0 Å². The summed E-state index contributed by atoms with van der Waals surface area (Å²) in [5, 5.41) is 7.82. The fourth-order valence-corrected chi connectivity index (χ4v) is 7.17. The van der Waals surface area contributed by atoms with E-state index in [0.29, 0.717) is 0 Å². The van der Waals surface area contributed by atoms with Crippen molar-refractivity contribution in [2.45, 2.75) is 0 Å². The van der Waals surface area contributed by atoms with Crippen molar-refractivity contribution in [3.05, 3.63) is 133 Å². The average Bonchev–Trinajstić information content (AvgIpc) is 3.34. The number of fused-ring (bicyclic) bond motifs is 7. The standard InChI is InChI=1S/C40H28N2/c1-41-35-14-8-13-33-39-32-20-18-30(28-16-15-26-11-6-7-12-27(26)21-28)23-37(32)42(2)38(39)24-34(40(33)35)31-19-17-29(22-36(31)41)25-9-4-3-5-10-25/h3-24H,1-2H3. The number of rotatable bonds is 2. The molecule has 42 heavy (non-hydrogen) atoms. The number of hydrogen-bond donors (Lipinski definition) is 0. The van der Waals surface area contributed by atoms with Crippen molar-refractivity contribution in [1.82, 2.24) is 4.57 Å². The molecule has 1 aliphatic rings. The van der Waals surface area contributed by atoms with Gasteiger partial charge in [0, 0.05) is 52.7 Å². The molecule has 8 aromatic rings. The van der Waals surface area contributed by atoms with E-state index in [1.165, 1.54) is 88.1 Å². The third kappa shape index (κ3) is 3.21. The Balaban J connectivity index is 1.29. The van der Waals surface area contributed by atoms with Crippen LogP contribution >= 0.6 is 0 Å². The maximum Gasteiger partial charge on any atom is 0.0501 e. The third-order valence-corrected chi connectivity index (χ3v) is 9.31. The minimum atomic E-state index is 1.24. The molecule has 0 saturated heterocycles. The lowest BCUT2D eigenvalue weighted by atomic mass is 9.88. The Bertz CT molecular complexity index is 2380. The summed E-state index contributed by atoms with van der Waals surface area (Å²) in [6, 6.07) is 49.1. The predicted octanol–water partition coefficient (Wildman–Crippen LogP) is 10.7. The molecule has 0 bridgehead atoms. The monoisotopic (exact) mass is 536 g/mol. The van der Waals surface area contributed by atoms with Gasteiger partial charge < -0.3 is 9.47 Å². The Morgan fingerprint density at radius 2 is 1.14 bits per heavy atom. The first-order valence-electron chi connectivity index (χ1n) is 14.6. The van der Waals surface area contributed by atoms with Gasteiger partial charge in [0.2, 0.25) is 0 Å². The maximum atomic E-state index is 2.42. The molecule has 0 fully saturated rings. The normalized spacial score (nSPS) is 12.5. The molecule has 0 unspecified atom stereocenters. The summed E-state index contributed by atoms with van der Waals surface area (Å²) in [7, 11) is 4.42. The summed E-state index contributed by atoms with van der Waals surface area (Å²) in [5.41, 5.74) is 12.6. The third-order valence-electron chi connectivity index (χ3n) is 9.31. The molecule has 2 heteroatoms. The van der Waals surface area contributed by atoms with Crippen molar-refractivity contribution in [3.63, 3.8) is 0 Å². The van der Waals surface area contributed by atoms with Crippen LogP contribution in [0, 0.1) is 0 Å². The summed E-state index contributed by atoms with van der Waals surface area (Å²) in [6.07, 6.45) is 0. The molecule has 1 aromatic heterocycles. The van der Waals surface area contributed by atoms with Crippen LogP contribution in [0.25, 0.3) is 76.7 Å². The number of benzene rings is 7. The number of aryl methyl sites for hydroxylation is 1. The highest BCUT2D eigenvalue weighted by molar-refractivity contribution is 6.27. The van der Waals surface area contributed by atoms with Gasteiger partial charge in [0.1, 0.15) is 0 Å². The van der Waals surface area contributed by atoms with Crippen LogP contribution in [0.3, 0.4) is 0 Å². The van der Waals surface area contributed by atoms with E-state index in [-0.39, 0.29) is 0 Å². The zero-order chi connectivity index (χ0) is 27.9. The van der Waals surface area contributed by atoms with E-state index in [9.17, 15) is 0 Å². The van der Waals surface area contributed by atoms with Gasteiger partial charge in [-0.05, 0) is 74.3 Å². The first-order chi connectivity index (χ1) is 20.7. The van der Waals surface area contributed by atoms with Gasteiger partial charge in [-0.1, -0.05) is 103 Å². The fraction of sp³-hybridized carbons (Fsp3) is 0.0500. The van der Waals surface area contributed by atoms with Gasteiger partial charge >= 0.3 is 0 Å². The second-order valence-electron chi connectivity index (χ2n) is 11.5. The molecule has 0 N–H and O–H groups in total. The second kappa shape index (κ2) is 8.58.